The van der Waals surface area contributed by atoms with Crippen LogP contribution in [0.5, 0.6) is 0 Å². The molecule has 132 valence electrons. The largest absolute Gasteiger partial charge is 0.481 e. The number of carbonyl (C=O) groups is 1. The first-order chi connectivity index (χ1) is 7.08. The van der Waals surface area contributed by atoms with Crippen LogP contribution >= 0.6 is 0 Å². The highest BCUT2D eigenvalue weighted by Crippen LogP contribution is 1.85. The molecule has 0 aliphatic carbocycles. The van der Waals surface area contributed by atoms with Gasteiger partial charge in [0.2, 0.25) is 0 Å². The third kappa shape index (κ3) is 53.9. The third-order valence-electron chi connectivity index (χ3n) is 1.03. The summed E-state index contributed by atoms with van der Waals surface area (Å²) in [6.45, 7) is 1.89. The minimum absolute atomic E-state index is 0. The third-order valence-corrected chi connectivity index (χ3v) is 1.03. The van der Waals surface area contributed by atoms with Gasteiger partial charge >= 0.3 is 5.97 Å². The molecule has 0 saturated carbocycles. The second-order valence-corrected chi connectivity index (χ2v) is 2.30. The zero-order valence-corrected chi connectivity index (χ0v) is 11.1. The number of halogens is 5. The first-order valence-electron chi connectivity index (χ1n) is 4.51. The summed E-state index contributed by atoms with van der Waals surface area (Å²) in [5, 5.41) is 25.4. The van der Waals surface area contributed by atoms with Crippen molar-refractivity contribution in [2.45, 2.75) is 13.3 Å². The van der Waals surface area contributed by atoms with E-state index >= 15 is 0 Å². The van der Waals surface area contributed by atoms with Gasteiger partial charge in [-0.3, -0.25) is 38.0 Å². The number of aliphatic hydroxyl groups excluding tert-OH is 2. The van der Waals surface area contributed by atoms with Gasteiger partial charge in [-0.1, -0.05) is 12.2 Å². The summed E-state index contributed by atoms with van der Waals surface area (Å²) < 4.78 is 0. The Kier molecular flexibility index (Phi) is 77.2. The Bertz CT molecular complexity index is 151. The molecule has 0 aromatic carbocycles. The fraction of sp³-hybridized carbons (Fsp3) is 0.875. The van der Waals surface area contributed by atoms with E-state index < -0.39 is 5.97 Å². The summed E-state index contributed by atoms with van der Waals surface area (Å²) in [7, 11) is 1.55. The molecule has 0 aliphatic heterocycles. The quantitative estimate of drug-likeness (QED) is 0.448. The van der Waals surface area contributed by atoms with Crippen LogP contribution in [0.25, 0.3) is 0 Å². The maximum atomic E-state index is 9.37. The van der Waals surface area contributed by atoms with E-state index in [0.717, 1.165) is 5.23 Å². The molecule has 0 aromatic heterocycles. The first kappa shape index (κ1) is 42.8. The van der Waals surface area contributed by atoms with Crippen molar-refractivity contribution >= 4 is 5.97 Å². The Morgan fingerprint density at radius 3 is 1.35 bits per heavy atom. The molecule has 0 spiro atoms. The van der Waals surface area contributed by atoms with Gasteiger partial charge in [0.05, 0.1) is 26.4 Å². The highest BCUT2D eigenvalue weighted by molar-refractivity contribution is 5.66. The molecule has 0 amide bonds. The highest BCUT2D eigenvalue weighted by Gasteiger charge is 1.95. The Labute approximate surface area is 112 Å². The summed E-state index contributed by atoms with van der Waals surface area (Å²) in [5.74, 6) is -0.745. The van der Waals surface area contributed by atoms with E-state index in [4.69, 9.17) is 25.0 Å². The molecule has 7 nitrogen and oxygen atoms in total. The maximum absolute atomic E-state index is 9.37. The molecule has 0 radical (unpaired) electrons. The lowest BCUT2D eigenvalue weighted by atomic mass is 10.5. The van der Waals surface area contributed by atoms with Gasteiger partial charge in [-0.15, -0.1) is 0 Å². The lowest BCUT2D eigenvalue weighted by molar-refractivity contribution is -0.356. The van der Waals surface area contributed by atoms with Crippen LogP contribution in [0.4, 0.5) is 23.5 Å². The number of carboxylic acid groups (broad SMARTS) is 1. The summed E-state index contributed by atoms with van der Waals surface area (Å²) in [4.78, 5) is 18.9. The van der Waals surface area contributed by atoms with Gasteiger partial charge in [0.15, 0.2) is 0 Å². The van der Waals surface area contributed by atoms with Gasteiger partial charge in [-0.2, -0.15) is 0 Å². The molecule has 0 atom stereocenters. The van der Waals surface area contributed by atoms with E-state index in [9.17, 15) is 4.79 Å². The maximum Gasteiger partial charge on any atom is 0.303 e. The number of hydroxylamine groups is 2. The number of nitrogens with zero attached hydrogens (tertiary/aromatic N) is 1. The van der Waals surface area contributed by atoms with Crippen LogP contribution in [0, 0.1) is 0 Å². The Balaban J connectivity index is -0.0000000303. The number of hydrogen-bond acceptors (Lipinski definition) is 6. The minimum atomic E-state index is -0.745. The number of hydrogen-bond donors (Lipinski definition) is 3. The monoisotopic (exact) mass is 325 g/mol. The number of aliphatic hydroxyl groups is 2. The molecule has 0 saturated heterocycles. The summed E-state index contributed by atoms with van der Waals surface area (Å²) in [6.07, 6.45) is 0.222. The molecule has 0 heterocycles. The number of aliphatic carboxylic acids is 1. The summed E-state index contributed by atoms with van der Waals surface area (Å²) >= 11 is 0. The number of carboxylic acids is 1. The van der Waals surface area contributed by atoms with Crippen molar-refractivity contribution in [3.05, 3.63) is 0 Å². The molecule has 0 aromatic rings. The van der Waals surface area contributed by atoms with Gasteiger partial charge in [0.1, 0.15) is 0 Å². The van der Waals surface area contributed by atoms with Crippen LogP contribution in [0.2, 0.25) is 0 Å². The average molecular weight is 325 g/mol. The fourth-order valence-electron chi connectivity index (χ4n) is 0.376. The van der Waals surface area contributed by atoms with Gasteiger partial charge in [-0.05, 0) is 0 Å². The van der Waals surface area contributed by atoms with Crippen molar-refractivity contribution in [2.75, 3.05) is 33.5 Å². The zero-order chi connectivity index (χ0) is 12.1. The molecule has 0 rings (SSSR count). The molecule has 12 heteroatoms. The first-order valence-corrected chi connectivity index (χ1v) is 4.51. The van der Waals surface area contributed by atoms with Crippen LogP contribution in [0.3, 0.4) is 0 Å². The van der Waals surface area contributed by atoms with Crippen LogP contribution in [0.1, 0.15) is 13.3 Å². The predicted molar refractivity (Wildman–Crippen MR) is 64.3 cm³/mol. The molecule has 0 fully saturated rings. The SMILES string of the molecule is CCC(=O)O.CN(OCCO)OCCO.F.F.F.F.F. The van der Waals surface area contributed by atoms with Crippen molar-refractivity contribution in [3.8, 4) is 0 Å². The number of rotatable bonds is 7. The Morgan fingerprint density at radius 1 is 0.950 bits per heavy atom. The minimum Gasteiger partial charge on any atom is -0.481 e. The molecule has 0 bridgehead atoms. The van der Waals surface area contributed by atoms with Crippen molar-refractivity contribution in [3.63, 3.8) is 0 Å². The second kappa shape index (κ2) is 36.1. The lowest BCUT2D eigenvalue weighted by Gasteiger charge is -2.13. The molecule has 3 N–H and O–H groups in total. The predicted octanol–water partition coefficient (Wildman–Crippen LogP) is 0.00950. The van der Waals surface area contributed by atoms with Gasteiger partial charge < -0.3 is 15.3 Å². The summed E-state index contributed by atoms with van der Waals surface area (Å²) in [5.41, 5.74) is 0. The normalized spacial score (nSPS) is 7.25. The average Bonchev–Trinajstić information content (AvgIpc) is 2.24. The molecule has 20 heavy (non-hydrogen) atoms. The molecule has 0 aliphatic rings. The lowest BCUT2D eigenvalue weighted by Crippen LogP contribution is -2.22. The van der Waals surface area contributed by atoms with Crippen molar-refractivity contribution in [1.29, 1.82) is 0 Å². The van der Waals surface area contributed by atoms with E-state index in [2.05, 4.69) is 0 Å². The van der Waals surface area contributed by atoms with Crippen molar-refractivity contribution < 1.29 is 53.3 Å². The van der Waals surface area contributed by atoms with Crippen LogP contribution in [-0.2, 0) is 14.5 Å². The van der Waals surface area contributed by atoms with Crippen LogP contribution in [0.15, 0.2) is 0 Å². The van der Waals surface area contributed by atoms with E-state index in [0.29, 0.717) is 0 Å². The Hall–Kier alpha value is -1.08. The zero-order valence-electron chi connectivity index (χ0n) is 11.1. The second-order valence-electron chi connectivity index (χ2n) is 2.30. The molecular weight excluding hydrogens is 301 g/mol. The van der Waals surface area contributed by atoms with Crippen LogP contribution in [-0.4, -0.2) is 60.0 Å². The van der Waals surface area contributed by atoms with Gasteiger partial charge in [0, 0.05) is 13.5 Å². The topological polar surface area (TPSA) is 99.5 Å². The van der Waals surface area contributed by atoms with E-state index in [1.807, 2.05) is 0 Å². The fourth-order valence-corrected chi connectivity index (χ4v) is 0.376. The van der Waals surface area contributed by atoms with E-state index in [1.165, 1.54) is 0 Å². The standard InChI is InChI=1S/C5H13NO4.C3H6O2.5FH/c1-6(9-4-2-7)10-5-3-8;1-2-3(4)5;;;;;/h7-8H,2-5H2,1H3;2H2,1H3,(H,4,5);5*1H. The van der Waals surface area contributed by atoms with Crippen molar-refractivity contribution in [1.82, 2.24) is 5.23 Å². The smallest absolute Gasteiger partial charge is 0.303 e. The molecular formula is C8H24F5NO6. The van der Waals surface area contributed by atoms with Crippen LogP contribution < -0.4 is 0 Å². The van der Waals surface area contributed by atoms with Crippen molar-refractivity contribution in [2.24, 2.45) is 0 Å². The summed E-state index contributed by atoms with van der Waals surface area (Å²) in [6, 6.07) is 0. The highest BCUT2D eigenvalue weighted by atomic mass is 19.0. The Morgan fingerprint density at radius 2 is 1.20 bits per heavy atom. The van der Waals surface area contributed by atoms with E-state index in [1.54, 1.807) is 14.0 Å². The molecule has 0 unspecified atom stereocenters. The van der Waals surface area contributed by atoms with Gasteiger partial charge in [-0.25, -0.2) is 0 Å². The van der Waals surface area contributed by atoms with Gasteiger partial charge in [0.25, 0.3) is 0 Å². The van der Waals surface area contributed by atoms with E-state index in [-0.39, 0.29) is 56.4 Å².